The van der Waals surface area contributed by atoms with E-state index in [4.69, 9.17) is 4.98 Å². The van der Waals surface area contributed by atoms with Crippen molar-refractivity contribution >= 4 is 27.3 Å². The fraction of sp³-hybridized carbons (Fsp3) is 0.400. The quantitative estimate of drug-likeness (QED) is 0.918. The van der Waals surface area contributed by atoms with E-state index < -0.39 is 0 Å². The Kier molecular flexibility index (Phi) is 4.51. The Hall–Kier alpha value is -0.750. The van der Waals surface area contributed by atoms with E-state index in [-0.39, 0.29) is 0 Å². The summed E-state index contributed by atoms with van der Waals surface area (Å²) in [5.74, 6) is 0. The summed E-state index contributed by atoms with van der Waals surface area (Å²) in [5.41, 5.74) is 2.36. The summed E-state index contributed by atoms with van der Waals surface area (Å²) in [6.07, 6.45) is 0. The van der Waals surface area contributed by atoms with Gasteiger partial charge in [-0.25, -0.2) is 4.98 Å². The van der Waals surface area contributed by atoms with Gasteiger partial charge in [-0.1, -0.05) is 28.1 Å². The molecule has 1 N–H and O–H groups in total. The third-order valence-corrected chi connectivity index (χ3v) is 5.06. The summed E-state index contributed by atoms with van der Waals surface area (Å²) < 4.78 is 1.10. The number of thiazole rings is 1. The molecule has 1 aliphatic heterocycles. The van der Waals surface area contributed by atoms with Crippen LogP contribution >= 0.6 is 27.3 Å². The number of aromatic nitrogens is 1. The molecule has 0 radical (unpaired) electrons. The number of nitrogens with one attached hydrogen (secondary N) is 1. The highest BCUT2D eigenvalue weighted by atomic mass is 79.9. The molecule has 106 valence electrons. The minimum atomic E-state index is 0.583. The Morgan fingerprint density at radius 2 is 2.40 bits per heavy atom. The molecule has 1 fully saturated rings. The number of benzene rings is 1. The lowest BCUT2D eigenvalue weighted by Crippen LogP contribution is -2.49. The number of piperazine rings is 1. The second-order valence-electron chi connectivity index (χ2n) is 5.18. The minimum Gasteiger partial charge on any atom is -0.314 e. The van der Waals surface area contributed by atoms with E-state index >= 15 is 0 Å². The van der Waals surface area contributed by atoms with Crippen LogP contribution in [-0.4, -0.2) is 35.6 Å². The van der Waals surface area contributed by atoms with Crippen LogP contribution in [0.3, 0.4) is 0 Å². The van der Waals surface area contributed by atoms with Crippen LogP contribution in [0, 0.1) is 0 Å². The zero-order valence-electron chi connectivity index (χ0n) is 11.5. The van der Waals surface area contributed by atoms with Crippen molar-refractivity contribution in [3.05, 3.63) is 39.8 Å². The molecule has 3 nitrogen and oxygen atoms in total. The van der Waals surface area contributed by atoms with Crippen molar-refractivity contribution in [1.29, 1.82) is 0 Å². The van der Waals surface area contributed by atoms with Crippen molar-refractivity contribution in [3.63, 3.8) is 0 Å². The first-order valence-corrected chi connectivity index (χ1v) is 8.55. The summed E-state index contributed by atoms with van der Waals surface area (Å²) >= 11 is 5.24. The normalized spacial score (nSPS) is 20.2. The molecule has 1 aromatic heterocycles. The van der Waals surface area contributed by atoms with Crippen molar-refractivity contribution in [2.45, 2.75) is 19.5 Å². The zero-order chi connectivity index (χ0) is 13.9. The van der Waals surface area contributed by atoms with E-state index in [9.17, 15) is 0 Å². The van der Waals surface area contributed by atoms with Gasteiger partial charge >= 0.3 is 0 Å². The first kappa shape index (κ1) is 14.2. The van der Waals surface area contributed by atoms with E-state index in [1.54, 1.807) is 11.3 Å². The van der Waals surface area contributed by atoms with Crippen LogP contribution in [0.4, 0.5) is 0 Å². The lowest BCUT2D eigenvalue weighted by Gasteiger charge is -2.33. The molecule has 1 aromatic carbocycles. The standard InChI is InChI=1S/C15H18BrN3S/c1-11-8-17-5-6-19(11)9-14-10-20-15(18-14)12-3-2-4-13(16)7-12/h2-4,7,10-11,17H,5-6,8-9H2,1H3/t11-/m0/s1. The summed E-state index contributed by atoms with van der Waals surface area (Å²) in [6.45, 7) is 6.47. The predicted octanol–water partition coefficient (Wildman–Crippen LogP) is 3.37. The van der Waals surface area contributed by atoms with Gasteiger partial charge in [0.2, 0.25) is 0 Å². The van der Waals surface area contributed by atoms with Crippen molar-refractivity contribution < 1.29 is 0 Å². The molecule has 2 aromatic rings. The molecule has 1 atom stereocenters. The van der Waals surface area contributed by atoms with Crippen molar-refractivity contribution in [2.75, 3.05) is 19.6 Å². The Morgan fingerprint density at radius 1 is 1.50 bits per heavy atom. The number of halogens is 1. The van der Waals surface area contributed by atoms with Crippen LogP contribution < -0.4 is 5.32 Å². The van der Waals surface area contributed by atoms with Crippen LogP contribution in [0.25, 0.3) is 10.6 Å². The van der Waals surface area contributed by atoms with Crippen molar-refractivity contribution in [3.8, 4) is 10.6 Å². The van der Waals surface area contributed by atoms with Crippen LogP contribution in [0.1, 0.15) is 12.6 Å². The van der Waals surface area contributed by atoms with Gasteiger partial charge in [-0.3, -0.25) is 4.90 Å². The Balaban J connectivity index is 1.73. The number of rotatable bonds is 3. The molecular formula is C15H18BrN3S. The molecule has 20 heavy (non-hydrogen) atoms. The topological polar surface area (TPSA) is 28.2 Å². The van der Waals surface area contributed by atoms with E-state index in [0.29, 0.717) is 6.04 Å². The Labute approximate surface area is 132 Å². The van der Waals surface area contributed by atoms with Gasteiger partial charge in [0.1, 0.15) is 5.01 Å². The second-order valence-corrected chi connectivity index (χ2v) is 6.95. The summed E-state index contributed by atoms with van der Waals surface area (Å²) in [6, 6.07) is 8.91. The van der Waals surface area contributed by atoms with Gasteiger partial charge in [0.15, 0.2) is 0 Å². The van der Waals surface area contributed by atoms with Crippen LogP contribution in [0.2, 0.25) is 0 Å². The number of hydrogen-bond acceptors (Lipinski definition) is 4. The largest absolute Gasteiger partial charge is 0.314 e. The molecule has 5 heteroatoms. The molecule has 3 rings (SSSR count). The monoisotopic (exact) mass is 351 g/mol. The van der Waals surface area contributed by atoms with Gasteiger partial charge in [-0.05, 0) is 19.1 Å². The molecular weight excluding hydrogens is 334 g/mol. The van der Waals surface area contributed by atoms with Crippen molar-refractivity contribution in [1.82, 2.24) is 15.2 Å². The van der Waals surface area contributed by atoms with Gasteiger partial charge in [-0.15, -0.1) is 11.3 Å². The SMILES string of the molecule is C[C@H]1CNCCN1Cc1csc(-c2cccc(Br)c2)n1. The van der Waals surface area contributed by atoms with Gasteiger partial charge < -0.3 is 5.32 Å². The highest BCUT2D eigenvalue weighted by molar-refractivity contribution is 9.10. The maximum Gasteiger partial charge on any atom is 0.123 e. The first-order valence-electron chi connectivity index (χ1n) is 6.87. The molecule has 0 saturated carbocycles. The lowest BCUT2D eigenvalue weighted by molar-refractivity contribution is 0.164. The molecule has 0 unspecified atom stereocenters. The molecule has 1 saturated heterocycles. The molecule has 0 amide bonds. The molecule has 0 aliphatic carbocycles. The zero-order valence-corrected chi connectivity index (χ0v) is 13.9. The molecule has 0 bridgehead atoms. The second kappa shape index (κ2) is 6.35. The van der Waals surface area contributed by atoms with Crippen LogP contribution in [-0.2, 0) is 6.54 Å². The molecule has 2 heterocycles. The fourth-order valence-electron chi connectivity index (χ4n) is 2.46. The van der Waals surface area contributed by atoms with Gasteiger partial charge in [0, 0.05) is 47.6 Å². The maximum atomic E-state index is 4.79. The minimum absolute atomic E-state index is 0.583. The first-order chi connectivity index (χ1) is 9.72. The molecule has 1 aliphatic rings. The van der Waals surface area contributed by atoms with E-state index in [0.717, 1.165) is 35.7 Å². The summed E-state index contributed by atoms with van der Waals surface area (Å²) in [7, 11) is 0. The van der Waals surface area contributed by atoms with E-state index in [1.165, 1.54) is 11.3 Å². The van der Waals surface area contributed by atoms with Crippen molar-refractivity contribution in [2.24, 2.45) is 0 Å². The van der Waals surface area contributed by atoms with Gasteiger partial charge in [0.25, 0.3) is 0 Å². The predicted molar refractivity (Wildman–Crippen MR) is 88.0 cm³/mol. The number of hydrogen-bond donors (Lipinski definition) is 1. The third kappa shape index (κ3) is 3.28. The lowest BCUT2D eigenvalue weighted by atomic mass is 10.2. The molecule has 0 spiro atoms. The Bertz CT molecular complexity index is 584. The Morgan fingerprint density at radius 3 is 3.20 bits per heavy atom. The fourth-order valence-corrected chi connectivity index (χ4v) is 3.67. The average Bonchev–Trinajstić information content (AvgIpc) is 2.90. The summed E-state index contributed by atoms with van der Waals surface area (Å²) in [5, 5.41) is 6.71. The van der Waals surface area contributed by atoms with Gasteiger partial charge in [0.05, 0.1) is 5.69 Å². The summed E-state index contributed by atoms with van der Waals surface area (Å²) in [4.78, 5) is 7.28. The highest BCUT2D eigenvalue weighted by Crippen LogP contribution is 2.26. The average molecular weight is 352 g/mol. The third-order valence-electron chi connectivity index (χ3n) is 3.63. The van der Waals surface area contributed by atoms with E-state index in [1.807, 2.05) is 6.07 Å². The number of nitrogens with zero attached hydrogens (tertiary/aromatic N) is 2. The van der Waals surface area contributed by atoms with Crippen LogP contribution in [0.5, 0.6) is 0 Å². The van der Waals surface area contributed by atoms with Crippen LogP contribution in [0.15, 0.2) is 34.1 Å². The maximum absolute atomic E-state index is 4.79. The smallest absolute Gasteiger partial charge is 0.123 e. The highest BCUT2D eigenvalue weighted by Gasteiger charge is 2.18. The van der Waals surface area contributed by atoms with E-state index in [2.05, 4.69) is 56.6 Å². The van der Waals surface area contributed by atoms with Gasteiger partial charge in [-0.2, -0.15) is 0 Å².